The lowest BCUT2D eigenvalue weighted by Gasteiger charge is -2.36. The van der Waals surface area contributed by atoms with Crippen molar-refractivity contribution >= 4 is 118 Å². The van der Waals surface area contributed by atoms with Crippen LogP contribution in [-0.2, 0) is 95.9 Å². The minimum absolute atomic E-state index is 0.0333. The zero-order valence-corrected chi connectivity index (χ0v) is 76.8. The van der Waals surface area contributed by atoms with Crippen LogP contribution >= 0.6 is 0 Å². The molecule has 0 aromatic carbocycles. The van der Waals surface area contributed by atoms with E-state index in [0.717, 1.165) is 0 Å². The molecule has 1 aliphatic rings. The van der Waals surface area contributed by atoms with E-state index in [2.05, 4.69) is 90.4 Å². The molecule has 0 aromatic heterocycles. The molecule has 1 heterocycles. The second kappa shape index (κ2) is 45.6. The maximum atomic E-state index is 14.5. The number of rotatable bonds is 49. The fourth-order valence-corrected chi connectivity index (χ4v) is 12.2. The van der Waals surface area contributed by atoms with Crippen LogP contribution in [0.2, 0.25) is 0 Å². The summed E-state index contributed by atoms with van der Waals surface area (Å²) in [4.78, 5) is 273. The summed E-state index contributed by atoms with van der Waals surface area (Å²) in [6, 6.07) is -11.7. The number of aliphatic hydroxyl groups excluding tert-OH is 2. The molecule has 0 radical (unpaired) electrons. The van der Waals surface area contributed by atoms with E-state index in [0.29, 0.717) is 12.8 Å². The van der Waals surface area contributed by atoms with E-state index in [1.807, 2.05) is 13.8 Å². The summed E-state index contributed by atoms with van der Waals surface area (Å²) in [5, 5.41) is 63.1. The van der Waals surface area contributed by atoms with Gasteiger partial charge in [-0.1, -0.05) is 54.9 Å². The molecule has 1 saturated heterocycles. The van der Waals surface area contributed by atoms with Crippen molar-refractivity contribution in [1.29, 1.82) is 0 Å². The van der Waals surface area contributed by atoms with Crippen LogP contribution in [0.15, 0.2) is 0 Å². The quantitative estimate of drug-likeness (QED) is 0.0276. The number of carbonyl (C=O) groups excluding carboxylic acids is 20. The molecule has 11 atom stereocenters. The minimum Gasteiger partial charge on any atom is -0.394 e. The van der Waals surface area contributed by atoms with Gasteiger partial charge in [0.15, 0.2) is 0 Å². The SMILES string of the molecule is CCC(C)C(CO)NC(=O)C(CCC(N)=O)NC(=O)C(C)(C)NC(=O)C(C)(C)NC(=O)C(CC(C)C)NC(=O)C1CCCN1C(=O)C(C)(C)NC(=O)C(C)(C)NC(=O)C(C)NC(=O)C(C)(C)NC(=O)C(CC(C)C)NC(=O)C(C)(C)NC(=O)C(CCC(N)=O)NC(=O)C(C)(CC)NC(=O)C(C)(C)NC(=O)C(C)NC(=O)C(CO)NC(=O)C(C)(C)NC(C)=O. The molecule has 20 amide bonds. The number of aliphatic hydroxyl groups is 2. The largest absolute Gasteiger partial charge is 0.394 e. The zero-order valence-electron chi connectivity index (χ0n) is 76.8. The molecule has 0 aromatic rings. The van der Waals surface area contributed by atoms with E-state index in [1.54, 1.807) is 27.7 Å². The molecule has 42 nitrogen and oxygen atoms in total. The van der Waals surface area contributed by atoms with Crippen molar-refractivity contribution in [2.45, 2.75) is 355 Å². The maximum absolute atomic E-state index is 14.5. The van der Waals surface area contributed by atoms with Gasteiger partial charge >= 0.3 is 0 Å². The van der Waals surface area contributed by atoms with Gasteiger partial charge in [0.05, 0.1) is 19.3 Å². The molecule has 0 bridgehead atoms. The number of hydrogen-bond acceptors (Lipinski definition) is 22. The van der Waals surface area contributed by atoms with Crippen molar-refractivity contribution in [3.63, 3.8) is 0 Å². The van der Waals surface area contributed by atoms with E-state index < -0.39 is 248 Å². The van der Waals surface area contributed by atoms with Crippen LogP contribution in [-0.4, -0.2) is 257 Å². The monoisotopic (exact) mass is 1750 g/mol. The Labute approximate surface area is 721 Å². The third-order valence-electron chi connectivity index (χ3n) is 20.9. The Morgan fingerprint density at radius 2 is 0.699 bits per heavy atom. The Hall–Kier alpha value is -10.7. The second-order valence-electron chi connectivity index (χ2n) is 37.1. The summed E-state index contributed by atoms with van der Waals surface area (Å²) in [5.41, 5.74) is -5.13. The topological polar surface area (TPSA) is 642 Å². The number of hydrogen-bond donors (Lipinski definition) is 21. The molecular weight excluding hydrogens is 1610 g/mol. The molecule has 698 valence electrons. The first-order valence-corrected chi connectivity index (χ1v) is 41.4. The van der Waals surface area contributed by atoms with Crippen molar-refractivity contribution in [3.8, 4) is 0 Å². The first-order chi connectivity index (χ1) is 56.0. The van der Waals surface area contributed by atoms with Crippen LogP contribution in [0, 0.1) is 17.8 Å². The lowest BCUT2D eigenvalue weighted by molar-refractivity contribution is -0.146. The molecule has 0 spiro atoms. The van der Waals surface area contributed by atoms with E-state index in [4.69, 9.17) is 11.5 Å². The Kier molecular flexibility index (Phi) is 40.9. The molecular formula is C81H142N20O22. The van der Waals surface area contributed by atoms with Crippen molar-refractivity contribution in [2.75, 3.05) is 19.8 Å². The number of nitrogens with one attached hydrogen (secondary N) is 17. The van der Waals surface area contributed by atoms with Crippen molar-refractivity contribution < 1.29 is 106 Å². The van der Waals surface area contributed by atoms with Crippen LogP contribution < -0.4 is 102 Å². The van der Waals surface area contributed by atoms with Crippen LogP contribution in [0.1, 0.15) is 251 Å². The van der Waals surface area contributed by atoms with Gasteiger partial charge in [-0.3, -0.25) is 95.9 Å². The van der Waals surface area contributed by atoms with Gasteiger partial charge in [0.2, 0.25) is 118 Å². The molecule has 1 fully saturated rings. The van der Waals surface area contributed by atoms with Gasteiger partial charge in [-0.15, -0.1) is 0 Å². The van der Waals surface area contributed by atoms with Gasteiger partial charge in [-0.2, -0.15) is 0 Å². The van der Waals surface area contributed by atoms with Crippen molar-refractivity contribution in [2.24, 2.45) is 29.2 Å². The molecule has 123 heavy (non-hydrogen) atoms. The van der Waals surface area contributed by atoms with E-state index in [9.17, 15) is 106 Å². The summed E-state index contributed by atoms with van der Waals surface area (Å²) in [7, 11) is 0. The van der Waals surface area contributed by atoms with Crippen LogP contribution in [0.4, 0.5) is 0 Å². The average molecular weight is 1750 g/mol. The molecule has 1 aliphatic heterocycles. The Balaban J connectivity index is 3.25. The van der Waals surface area contributed by atoms with Gasteiger partial charge in [-0.05, 0) is 194 Å². The summed E-state index contributed by atoms with van der Waals surface area (Å²) >= 11 is 0. The summed E-state index contributed by atoms with van der Waals surface area (Å²) in [6.07, 6.45) is -0.397. The normalized spacial score (nSPS) is 16.1. The highest BCUT2D eigenvalue weighted by Gasteiger charge is 2.48. The molecule has 0 saturated carbocycles. The third kappa shape index (κ3) is 34.2. The van der Waals surface area contributed by atoms with Gasteiger partial charge in [0.25, 0.3) is 0 Å². The molecule has 11 unspecified atom stereocenters. The van der Waals surface area contributed by atoms with Crippen LogP contribution in [0.25, 0.3) is 0 Å². The average Bonchev–Trinajstić information content (AvgIpc) is 1.78. The van der Waals surface area contributed by atoms with Crippen LogP contribution in [0.3, 0.4) is 0 Å². The number of likely N-dealkylation sites (tertiary alicyclic amines) is 1. The Morgan fingerprint density at radius 3 is 1.10 bits per heavy atom. The lowest BCUT2D eigenvalue weighted by Crippen LogP contribution is -2.67. The number of amides is 20. The third-order valence-corrected chi connectivity index (χ3v) is 20.9. The predicted molar refractivity (Wildman–Crippen MR) is 451 cm³/mol. The van der Waals surface area contributed by atoms with Gasteiger partial charge < -0.3 is 117 Å². The summed E-state index contributed by atoms with van der Waals surface area (Å²) in [5.74, 6) is -17.6. The van der Waals surface area contributed by atoms with Crippen LogP contribution in [0.5, 0.6) is 0 Å². The smallest absolute Gasteiger partial charge is 0.248 e. The van der Waals surface area contributed by atoms with E-state index in [1.165, 1.54) is 150 Å². The second-order valence-corrected chi connectivity index (χ2v) is 37.1. The highest BCUT2D eigenvalue weighted by molar-refractivity contribution is 6.04. The molecule has 23 N–H and O–H groups in total. The molecule has 0 aliphatic carbocycles. The maximum Gasteiger partial charge on any atom is 0.248 e. The highest BCUT2D eigenvalue weighted by atomic mass is 16.3. The van der Waals surface area contributed by atoms with Gasteiger partial charge in [0.1, 0.15) is 98.2 Å². The minimum atomic E-state index is -1.91. The van der Waals surface area contributed by atoms with Gasteiger partial charge in [-0.25, -0.2) is 0 Å². The van der Waals surface area contributed by atoms with Crippen molar-refractivity contribution in [3.05, 3.63) is 0 Å². The zero-order chi connectivity index (χ0) is 95.8. The van der Waals surface area contributed by atoms with Gasteiger partial charge in [0, 0.05) is 26.3 Å². The van der Waals surface area contributed by atoms with E-state index in [-0.39, 0.29) is 62.8 Å². The fraction of sp³-hybridized carbons (Fsp3) is 0.753. The highest BCUT2D eigenvalue weighted by Crippen LogP contribution is 2.25. The fourth-order valence-electron chi connectivity index (χ4n) is 12.2. The number of nitrogens with two attached hydrogens (primary N) is 2. The standard InChI is InChI=1S/C81H142N20O22/c1-28-43(7)51(39-102)87-58(109)47(32-34-54(82)105)88-67(118)76(17,18)98-68(119)78(21,22)97-61(112)49(37-41(3)4)86-63(114)53-31-30-36-101(53)72(123)80(25,26)99-69(120)77(19,20)94-57(108)45(9)85-64(115)74(13,14)96-62(113)50(38-42(5)6)90-66(117)75(15,16)95-60(111)48(33-35-55(83)106)89-71(122)81(27,29-2)100-70(121)79(23,24)93-56(107)44(8)84-59(110)52(40-103)91-65(116)73(11,12)92-46(10)104/h41-45,47-53,102-103H,28-40H2,1-27H3,(H2,82,105)(H2,83,106)(H,84,110)(H,85,115)(H,86,114)(H,87,109)(H,88,118)(H,89,122)(H,90,117)(H,91,116)(H,92,104)(H,93,107)(H,94,108)(H,95,111)(H,96,113)(H,97,112)(H,98,119)(H,99,120)(H,100,121). The summed E-state index contributed by atoms with van der Waals surface area (Å²) < 4.78 is 0. The number of nitrogens with zero attached hydrogens (tertiary/aromatic N) is 1. The first kappa shape index (κ1) is 110. The van der Waals surface area contributed by atoms with Crippen molar-refractivity contribution in [1.82, 2.24) is 95.3 Å². The Morgan fingerprint density at radius 1 is 0.366 bits per heavy atom. The predicted octanol–water partition coefficient (Wildman–Crippen LogP) is -3.99. The number of carbonyl (C=O) groups is 20. The van der Waals surface area contributed by atoms with E-state index >= 15 is 0 Å². The number of primary amides is 2. The lowest BCUT2D eigenvalue weighted by atomic mass is 9.93. The molecule has 1 rings (SSSR count). The molecule has 42 heteroatoms. The first-order valence-electron chi connectivity index (χ1n) is 41.4. The summed E-state index contributed by atoms with van der Waals surface area (Å²) in [6.45, 7) is 37.3. The Bertz CT molecular complexity index is 3890.